The zero-order valence-corrected chi connectivity index (χ0v) is 8.95. The Morgan fingerprint density at radius 3 is 2.87 bits per heavy atom. The van der Waals surface area contributed by atoms with E-state index in [-0.39, 0.29) is 11.2 Å². The van der Waals surface area contributed by atoms with Crippen LogP contribution >= 0.6 is 0 Å². The van der Waals surface area contributed by atoms with Gasteiger partial charge in [-0.2, -0.15) is 0 Å². The number of aryl methyl sites for hydroxylation is 2. The van der Waals surface area contributed by atoms with Crippen LogP contribution in [-0.4, -0.2) is 9.55 Å². The quantitative estimate of drug-likeness (QED) is 0.581. The molecule has 1 aromatic rings. The van der Waals surface area contributed by atoms with Crippen LogP contribution in [0.3, 0.4) is 0 Å². The van der Waals surface area contributed by atoms with Gasteiger partial charge < -0.3 is 4.57 Å². The molecular formula is C11H16N2O2. The van der Waals surface area contributed by atoms with Crippen molar-refractivity contribution in [1.82, 2.24) is 9.55 Å². The summed E-state index contributed by atoms with van der Waals surface area (Å²) in [5.74, 6) is 0. The molecule has 4 heteroatoms. The van der Waals surface area contributed by atoms with E-state index in [2.05, 4.69) is 11.6 Å². The van der Waals surface area contributed by atoms with Crippen LogP contribution in [-0.2, 0) is 13.0 Å². The number of rotatable bonds is 5. The topological polar surface area (TPSA) is 54.9 Å². The van der Waals surface area contributed by atoms with Crippen LogP contribution in [0.25, 0.3) is 0 Å². The number of unbranched alkanes of at least 4 members (excludes halogenated alkanes) is 1. The molecule has 0 radical (unpaired) electrons. The van der Waals surface area contributed by atoms with Gasteiger partial charge in [0.25, 0.3) is 5.56 Å². The molecule has 0 saturated carbocycles. The minimum absolute atomic E-state index is 0.275. The maximum atomic E-state index is 11.4. The van der Waals surface area contributed by atoms with Crippen molar-refractivity contribution in [2.75, 3.05) is 0 Å². The van der Waals surface area contributed by atoms with Gasteiger partial charge in [-0.05, 0) is 19.3 Å². The van der Waals surface area contributed by atoms with Crippen LogP contribution in [0.1, 0.15) is 25.3 Å². The molecule has 0 spiro atoms. The predicted octanol–water partition coefficient (Wildman–Crippen LogP) is 1.07. The number of aromatic nitrogens is 2. The maximum absolute atomic E-state index is 11.4. The van der Waals surface area contributed by atoms with E-state index >= 15 is 0 Å². The Morgan fingerprint density at radius 2 is 2.27 bits per heavy atom. The fourth-order valence-corrected chi connectivity index (χ4v) is 1.38. The van der Waals surface area contributed by atoms with Crippen molar-refractivity contribution >= 4 is 0 Å². The first-order chi connectivity index (χ1) is 7.19. The Balaban J connectivity index is 2.92. The number of H-pyrrole nitrogens is 1. The van der Waals surface area contributed by atoms with Gasteiger partial charge in [0.2, 0.25) is 0 Å². The third kappa shape index (κ3) is 2.94. The Kier molecular flexibility index (Phi) is 4.09. The van der Waals surface area contributed by atoms with Gasteiger partial charge in [-0.3, -0.25) is 9.78 Å². The van der Waals surface area contributed by atoms with Crippen LogP contribution in [0.4, 0.5) is 0 Å². The summed E-state index contributed by atoms with van der Waals surface area (Å²) in [4.78, 5) is 25.0. The van der Waals surface area contributed by atoms with E-state index in [0.29, 0.717) is 18.5 Å². The van der Waals surface area contributed by atoms with E-state index in [1.807, 2.05) is 13.0 Å². The fourth-order valence-electron chi connectivity index (χ4n) is 1.38. The second-order valence-corrected chi connectivity index (χ2v) is 3.39. The lowest BCUT2D eigenvalue weighted by molar-refractivity contribution is 0.605. The Labute approximate surface area is 88.3 Å². The third-order valence-electron chi connectivity index (χ3n) is 2.27. The number of aromatic amines is 1. The normalized spacial score (nSPS) is 10.2. The minimum Gasteiger partial charge on any atom is -0.300 e. The smallest absolute Gasteiger partial charge is 0.300 e. The highest BCUT2D eigenvalue weighted by Crippen LogP contribution is 1.94. The molecule has 1 aromatic heterocycles. The van der Waals surface area contributed by atoms with Crippen molar-refractivity contribution in [3.8, 4) is 0 Å². The molecule has 0 fully saturated rings. The number of hydrogen-bond acceptors (Lipinski definition) is 2. The largest absolute Gasteiger partial charge is 0.328 e. The molecule has 1 rings (SSSR count). The lowest BCUT2D eigenvalue weighted by atomic mass is 10.2. The van der Waals surface area contributed by atoms with Crippen molar-refractivity contribution in [3.63, 3.8) is 0 Å². The van der Waals surface area contributed by atoms with Gasteiger partial charge in [-0.15, -0.1) is 6.58 Å². The third-order valence-corrected chi connectivity index (χ3v) is 2.27. The molecular weight excluding hydrogens is 192 g/mol. The van der Waals surface area contributed by atoms with Crippen LogP contribution in [0.2, 0.25) is 0 Å². The van der Waals surface area contributed by atoms with Crippen LogP contribution in [0, 0.1) is 0 Å². The van der Waals surface area contributed by atoms with Gasteiger partial charge in [0.1, 0.15) is 0 Å². The molecule has 1 N–H and O–H groups in total. The zero-order valence-electron chi connectivity index (χ0n) is 8.95. The van der Waals surface area contributed by atoms with Crippen LogP contribution in [0.5, 0.6) is 0 Å². The standard InChI is InChI=1S/C11H16N2O2/c1-3-5-6-7-13-8-9(4-2)10(14)12-11(13)15/h3,8H,1,4-7H2,2H3,(H,12,14,15). The van der Waals surface area contributed by atoms with Gasteiger partial charge in [0, 0.05) is 18.3 Å². The van der Waals surface area contributed by atoms with Gasteiger partial charge in [-0.25, -0.2) is 4.79 Å². The number of nitrogens with zero attached hydrogens (tertiary/aromatic N) is 1. The summed E-state index contributed by atoms with van der Waals surface area (Å²) in [5.41, 5.74) is 0.0388. The number of nitrogens with one attached hydrogen (secondary N) is 1. The molecule has 82 valence electrons. The summed E-state index contributed by atoms with van der Waals surface area (Å²) >= 11 is 0. The first kappa shape index (κ1) is 11.5. The van der Waals surface area contributed by atoms with E-state index in [0.717, 1.165) is 12.8 Å². The molecule has 0 saturated heterocycles. The monoisotopic (exact) mass is 208 g/mol. The van der Waals surface area contributed by atoms with Gasteiger partial charge in [-0.1, -0.05) is 13.0 Å². The number of hydrogen-bond donors (Lipinski definition) is 1. The molecule has 0 aliphatic rings. The summed E-state index contributed by atoms with van der Waals surface area (Å²) in [6, 6.07) is 0. The van der Waals surface area contributed by atoms with E-state index in [1.54, 1.807) is 10.8 Å². The van der Waals surface area contributed by atoms with Crippen molar-refractivity contribution in [2.45, 2.75) is 32.7 Å². The van der Waals surface area contributed by atoms with Gasteiger partial charge >= 0.3 is 5.69 Å². The molecule has 0 unspecified atom stereocenters. The summed E-state index contributed by atoms with van der Waals surface area (Å²) in [6.07, 6.45) is 5.82. The molecule has 0 bridgehead atoms. The highest BCUT2D eigenvalue weighted by Gasteiger charge is 2.01. The predicted molar refractivity (Wildman–Crippen MR) is 60.1 cm³/mol. The maximum Gasteiger partial charge on any atom is 0.328 e. The van der Waals surface area contributed by atoms with Crippen molar-refractivity contribution in [1.29, 1.82) is 0 Å². The van der Waals surface area contributed by atoms with E-state index in [1.165, 1.54) is 0 Å². The average Bonchev–Trinajstić information content (AvgIpc) is 2.21. The van der Waals surface area contributed by atoms with Crippen LogP contribution in [0.15, 0.2) is 28.4 Å². The van der Waals surface area contributed by atoms with E-state index in [4.69, 9.17) is 0 Å². The van der Waals surface area contributed by atoms with Gasteiger partial charge in [0.05, 0.1) is 0 Å². The summed E-state index contributed by atoms with van der Waals surface area (Å²) in [7, 11) is 0. The van der Waals surface area contributed by atoms with E-state index in [9.17, 15) is 9.59 Å². The second kappa shape index (κ2) is 5.34. The molecule has 0 aliphatic heterocycles. The summed E-state index contributed by atoms with van der Waals surface area (Å²) in [5, 5.41) is 0. The van der Waals surface area contributed by atoms with Crippen molar-refractivity contribution in [2.24, 2.45) is 0 Å². The van der Waals surface area contributed by atoms with Crippen molar-refractivity contribution < 1.29 is 0 Å². The molecule has 0 aliphatic carbocycles. The minimum atomic E-state index is -0.332. The molecule has 4 nitrogen and oxygen atoms in total. The highest BCUT2D eigenvalue weighted by atomic mass is 16.2. The fraction of sp³-hybridized carbons (Fsp3) is 0.455. The Hall–Kier alpha value is -1.58. The molecule has 1 heterocycles. The van der Waals surface area contributed by atoms with Crippen LogP contribution < -0.4 is 11.2 Å². The number of allylic oxidation sites excluding steroid dienone is 1. The SMILES string of the molecule is C=CCCCn1cc(CC)c(=O)[nH]c1=O. The molecule has 15 heavy (non-hydrogen) atoms. The first-order valence-electron chi connectivity index (χ1n) is 5.12. The summed E-state index contributed by atoms with van der Waals surface area (Å²) in [6.45, 7) is 6.13. The zero-order chi connectivity index (χ0) is 11.3. The molecule has 0 aromatic carbocycles. The second-order valence-electron chi connectivity index (χ2n) is 3.39. The average molecular weight is 208 g/mol. The highest BCUT2D eigenvalue weighted by molar-refractivity contribution is 5.03. The van der Waals surface area contributed by atoms with Crippen molar-refractivity contribution in [3.05, 3.63) is 45.3 Å². The first-order valence-corrected chi connectivity index (χ1v) is 5.12. The Bertz CT molecular complexity index is 443. The van der Waals surface area contributed by atoms with E-state index < -0.39 is 0 Å². The summed E-state index contributed by atoms with van der Waals surface area (Å²) < 4.78 is 1.55. The molecule has 0 amide bonds. The van der Waals surface area contributed by atoms with Gasteiger partial charge in [0.15, 0.2) is 0 Å². The lowest BCUT2D eigenvalue weighted by Crippen LogP contribution is -2.31. The molecule has 0 atom stereocenters. The lowest BCUT2D eigenvalue weighted by Gasteiger charge is -2.05. The Morgan fingerprint density at radius 1 is 1.53 bits per heavy atom.